The Hall–Kier alpha value is -4.39. The molecule has 0 radical (unpaired) electrons. The fraction of sp³-hybridized carbons (Fsp3) is 0.207. The van der Waals surface area contributed by atoms with E-state index in [-0.39, 0.29) is 0 Å². The van der Waals surface area contributed by atoms with Crippen LogP contribution in [0.15, 0.2) is 85.2 Å². The first-order valence-corrected chi connectivity index (χ1v) is 12.3. The second-order valence-electron chi connectivity index (χ2n) is 9.06. The van der Waals surface area contributed by atoms with Crippen LogP contribution in [0.5, 0.6) is 17.2 Å². The molecular weight excluding hydrogens is 450 g/mol. The summed E-state index contributed by atoms with van der Waals surface area (Å²) in [5.74, 6) is 2.64. The number of benzene rings is 3. The predicted molar refractivity (Wildman–Crippen MR) is 140 cm³/mol. The number of fused-ring (bicyclic) bond motifs is 1. The molecule has 0 unspecified atom stereocenters. The molecule has 0 aliphatic heterocycles. The number of rotatable bonds is 7. The number of nitrogens with zero attached hydrogens (tertiary/aromatic N) is 4. The van der Waals surface area contributed by atoms with Crippen molar-refractivity contribution in [2.75, 3.05) is 5.73 Å². The zero-order chi connectivity index (χ0) is 24.3. The van der Waals surface area contributed by atoms with Gasteiger partial charge in [-0.25, -0.2) is 14.6 Å². The van der Waals surface area contributed by atoms with Crippen LogP contribution in [0.3, 0.4) is 0 Å². The van der Waals surface area contributed by atoms with Crippen molar-refractivity contribution in [3.63, 3.8) is 0 Å². The van der Waals surface area contributed by atoms with E-state index >= 15 is 0 Å². The molecule has 2 aromatic heterocycles. The molecule has 0 spiro atoms. The number of hydrogen-bond acceptors (Lipinski definition) is 6. The minimum Gasteiger partial charge on any atom is -0.489 e. The Labute approximate surface area is 209 Å². The Morgan fingerprint density at radius 1 is 0.833 bits per heavy atom. The van der Waals surface area contributed by atoms with Gasteiger partial charge in [-0.1, -0.05) is 49.2 Å². The Morgan fingerprint density at radius 3 is 2.42 bits per heavy atom. The zero-order valence-corrected chi connectivity index (χ0v) is 19.9. The summed E-state index contributed by atoms with van der Waals surface area (Å²) in [4.78, 5) is 8.75. The Kier molecular flexibility index (Phi) is 5.95. The number of ether oxygens (including phenoxy) is 2. The summed E-state index contributed by atoms with van der Waals surface area (Å²) in [6.45, 7) is 0.507. The van der Waals surface area contributed by atoms with Crippen molar-refractivity contribution < 1.29 is 9.47 Å². The molecule has 2 heterocycles. The Balaban J connectivity index is 1.22. The van der Waals surface area contributed by atoms with Crippen LogP contribution in [-0.4, -0.2) is 19.7 Å². The predicted octanol–water partition coefficient (Wildman–Crippen LogP) is 6.56. The summed E-state index contributed by atoms with van der Waals surface area (Å²) in [6, 6.07) is 26.0. The van der Waals surface area contributed by atoms with Gasteiger partial charge in [-0.2, -0.15) is 5.10 Å². The van der Waals surface area contributed by atoms with Crippen LogP contribution in [0, 0.1) is 0 Å². The fourth-order valence-electron chi connectivity index (χ4n) is 4.79. The van der Waals surface area contributed by atoms with E-state index in [4.69, 9.17) is 20.3 Å². The van der Waals surface area contributed by atoms with Gasteiger partial charge in [-0.05, 0) is 54.8 Å². The van der Waals surface area contributed by atoms with E-state index in [0.717, 1.165) is 52.2 Å². The van der Waals surface area contributed by atoms with E-state index in [1.54, 1.807) is 0 Å². The van der Waals surface area contributed by atoms with Gasteiger partial charge < -0.3 is 15.2 Å². The summed E-state index contributed by atoms with van der Waals surface area (Å²) in [7, 11) is 0. The molecule has 0 saturated heterocycles. The molecule has 6 rings (SSSR count). The van der Waals surface area contributed by atoms with Gasteiger partial charge in [0.2, 0.25) is 0 Å². The van der Waals surface area contributed by atoms with Crippen molar-refractivity contribution in [3.05, 3.63) is 90.8 Å². The fourth-order valence-corrected chi connectivity index (χ4v) is 4.79. The second-order valence-corrected chi connectivity index (χ2v) is 9.06. The van der Waals surface area contributed by atoms with Crippen LogP contribution < -0.4 is 15.2 Å². The van der Waals surface area contributed by atoms with Crippen LogP contribution in [0.2, 0.25) is 0 Å². The van der Waals surface area contributed by atoms with Crippen molar-refractivity contribution in [1.29, 1.82) is 0 Å². The first-order chi connectivity index (χ1) is 17.7. The number of nitrogens with two attached hydrogens (primary N) is 1. The summed E-state index contributed by atoms with van der Waals surface area (Å²) in [5.41, 5.74) is 9.95. The van der Waals surface area contributed by atoms with E-state index in [1.165, 1.54) is 19.2 Å². The maximum Gasteiger partial charge on any atom is 0.164 e. The van der Waals surface area contributed by atoms with E-state index < -0.39 is 0 Å². The summed E-state index contributed by atoms with van der Waals surface area (Å²) in [6.07, 6.45) is 6.17. The number of aromatic nitrogens is 4. The van der Waals surface area contributed by atoms with Crippen LogP contribution in [-0.2, 0) is 6.61 Å². The molecule has 0 atom stereocenters. The van der Waals surface area contributed by atoms with Crippen molar-refractivity contribution in [2.24, 2.45) is 0 Å². The van der Waals surface area contributed by atoms with Gasteiger partial charge in [0, 0.05) is 11.6 Å². The summed E-state index contributed by atoms with van der Waals surface area (Å²) >= 11 is 0. The number of nitrogen functional groups attached to an aromatic ring is 1. The van der Waals surface area contributed by atoms with E-state index in [9.17, 15) is 0 Å². The molecule has 0 bridgehead atoms. The molecule has 1 aliphatic rings. The van der Waals surface area contributed by atoms with Crippen LogP contribution in [0.1, 0.15) is 37.3 Å². The van der Waals surface area contributed by atoms with Gasteiger partial charge >= 0.3 is 0 Å². The molecule has 3 aromatic carbocycles. The lowest BCUT2D eigenvalue weighted by atomic mass is 10.1. The molecule has 1 aliphatic carbocycles. The molecule has 36 heavy (non-hydrogen) atoms. The SMILES string of the molecule is Nc1ncnc2c1c(-c1ccc(Oc3cccc(OCc4ccccc4)c3)cc1)nn2C1CCCC1. The summed E-state index contributed by atoms with van der Waals surface area (Å²) in [5, 5.41) is 5.76. The quantitative estimate of drug-likeness (QED) is 0.285. The Morgan fingerprint density at radius 2 is 1.61 bits per heavy atom. The molecular formula is C29H27N5O2. The van der Waals surface area contributed by atoms with Gasteiger partial charge in [0.05, 0.1) is 11.4 Å². The third-order valence-electron chi connectivity index (χ3n) is 6.61. The van der Waals surface area contributed by atoms with Gasteiger partial charge in [0.15, 0.2) is 5.65 Å². The van der Waals surface area contributed by atoms with Gasteiger partial charge in [-0.15, -0.1) is 0 Å². The number of hydrogen-bond donors (Lipinski definition) is 1. The lowest BCUT2D eigenvalue weighted by Gasteiger charge is -2.10. The van der Waals surface area contributed by atoms with E-state index in [0.29, 0.717) is 24.2 Å². The lowest BCUT2D eigenvalue weighted by Crippen LogP contribution is -2.07. The molecule has 180 valence electrons. The smallest absolute Gasteiger partial charge is 0.164 e. The lowest BCUT2D eigenvalue weighted by molar-refractivity contribution is 0.304. The number of anilines is 1. The average Bonchev–Trinajstić information content (AvgIpc) is 3.58. The molecule has 0 amide bonds. The minimum atomic E-state index is 0.356. The molecule has 7 heteroatoms. The third-order valence-corrected chi connectivity index (χ3v) is 6.61. The molecule has 1 fully saturated rings. The zero-order valence-electron chi connectivity index (χ0n) is 19.9. The van der Waals surface area contributed by atoms with Gasteiger partial charge in [0.25, 0.3) is 0 Å². The topological polar surface area (TPSA) is 88.1 Å². The van der Waals surface area contributed by atoms with Gasteiger partial charge in [0.1, 0.15) is 41.7 Å². The Bertz CT molecular complexity index is 1480. The first-order valence-electron chi connectivity index (χ1n) is 12.3. The monoisotopic (exact) mass is 477 g/mol. The largest absolute Gasteiger partial charge is 0.489 e. The molecule has 2 N–H and O–H groups in total. The minimum absolute atomic E-state index is 0.356. The van der Waals surface area contributed by atoms with Crippen LogP contribution in [0.4, 0.5) is 5.82 Å². The maximum absolute atomic E-state index is 6.27. The van der Waals surface area contributed by atoms with Crippen molar-refractivity contribution in [1.82, 2.24) is 19.7 Å². The normalized spacial score (nSPS) is 13.8. The molecule has 5 aromatic rings. The summed E-state index contributed by atoms with van der Waals surface area (Å²) < 4.78 is 14.1. The molecule has 1 saturated carbocycles. The van der Waals surface area contributed by atoms with Crippen LogP contribution >= 0.6 is 0 Å². The van der Waals surface area contributed by atoms with Crippen molar-refractivity contribution >= 4 is 16.9 Å². The third kappa shape index (κ3) is 4.47. The highest BCUT2D eigenvalue weighted by Crippen LogP contribution is 2.37. The van der Waals surface area contributed by atoms with E-state index in [1.807, 2.05) is 83.5 Å². The van der Waals surface area contributed by atoms with Crippen molar-refractivity contribution in [2.45, 2.75) is 38.3 Å². The second kappa shape index (κ2) is 9.70. The average molecular weight is 478 g/mol. The molecule has 7 nitrogen and oxygen atoms in total. The maximum atomic E-state index is 6.27. The highest BCUT2D eigenvalue weighted by Gasteiger charge is 2.24. The first kappa shape index (κ1) is 22.1. The van der Waals surface area contributed by atoms with Crippen molar-refractivity contribution in [3.8, 4) is 28.5 Å². The van der Waals surface area contributed by atoms with E-state index in [2.05, 4.69) is 9.97 Å². The van der Waals surface area contributed by atoms with Crippen LogP contribution in [0.25, 0.3) is 22.3 Å². The van der Waals surface area contributed by atoms with Gasteiger partial charge in [-0.3, -0.25) is 0 Å². The standard InChI is InChI=1S/C29H27N5O2/c30-28-26-27(33-34(22-9-4-5-10-22)29(26)32-19-31-28)21-13-15-23(16-14-21)36-25-12-6-11-24(17-25)35-18-20-7-2-1-3-8-20/h1-3,6-8,11-17,19,22H,4-5,9-10,18H2,(H2,30,31,32). The highest BCUT2D eigenvalue weighted by molar-refractivity contribution is 5.98. The highest BCUT2D eigenvalue weighted by atomic mass is 16.5.